The molecule has 4 rings (SSSR count). The molecule has 3 saturated carbocycles. The van der Waals surface area contributed by atoms with Crippen LogP contribution in [-0.4, -0.2) is 30.5 Å². The predicted molar refractivity (Wildman–Crippen MR) is 42.2 cm³/mol. The van der Waals surface area contributed by atoms with Gasteiger partial charge in [0.05, 0.1) is 17.0 Å². The molecule has 1 N–H and O–H groups in total. The second kappa shape index (κ2) is 1.57. The first-order valence-electron chi connectivity index (χ1n) is 4.68. The van der Waals surface area contributed by atoms with Crippen molar-refractivity contribution in [3.8, 4) is 0 Å². The van der Waals surface area contributed by atoms with Crippen molar-refractivity contribution in [3.05, 3.63) is 0 Å². The maximum Gasteiger partial charge on any atom is 0.270 e. The van der Waals surface area contributed by atoms with E-state index in [4.69, 9.17) is 4.18 Å². The summed E-state index contributed by atoms with van der Waals surface area (Å²) < 4.78 is 27.9. The molecule has 1 aliphatic heterocycles. The Bertz CT molecular complexity index is 402. The molecule has 0 bridgehead atoms. The molecule has 5 heteroatoms. The first kappa shape index (κ1) is 7.20. The van der Waals surface area contributed by atoms with Crippen LogP contribution < -0.4 is 0 Å². The van der Waals surface area contributed by atoms with Crippen LogP contribution >= 0.6 is 0 Å². The van der Waals surface area contributed by atoms with Crippen LogP contribution in [0.25, 0.3) is 0 Å². The van der Waals surface area contributed by atoms with Crippen LogP contribution in [-0.2, 0) is 14.3 Å². The Balaban J connectivity index is 1.90. The Morgan fingerprint density at radius 3 is 3.00 bits per heavy atom. The maximum atomic E-state index is 11.4. The molecular weight excluding hydrogens is 192 g/mol. The normalized spacial score (nSPS) is 69.8. The van der Waals surface area contributed by atoms with E-state index in [9.17, 15) is 13.5 Å². The Labute approximate surface area is 76.0 Å². The summed E-state index contributed by atoms with van der Waals surface area (Å²) in [5.74, 6) is 0.609. The minimum atomic E-state index is -3.28. The highest BCUT2D eigenvalue weighted by Crippen LogP contribution is 2.74. The van der Waals surface area contributed by atoms with Gasteiger partial charge in [0.25, 0.3) is 10.1 Å². The first-order chi connectivity index (χ1) is 6.04. The van der Waals surface area contributed by atoms with E-state index in [1.165, 1.54) is 0 Å². The van der Waals surface area contributed by atoms with E-state index < -0.39 is 15.7 Å². The van der Waals surface area contributed by atoms with Crippen LogP contribution in [0, 0.1) is 17.8 Å². The van der Waals surface area contributed by atoms with E-state index in [0.717, 1.165) is 0 Å². The third kappa shape index (κ3) is 0.550. The fourth-order valence-electron chi connectivity index (χ4n) is 3.99. The zero-order chi connectivity index (χ0) is 9.01. The van der Waals surface area contributed by atoms with Crippen molar-refractivity contribution in [3.63, 3.8) is 0 Å². The van der Waals surface area contributed by atoms with Gasteiger partial charge in [-0.25, -0.2) is 0 Å². The Morgan fingerprint density at radius 1 is 1.46 bits per heavy atom. The van der Waals surface area contributed by atoms with Crippen LogP contribution in [0.3, 0.4) is 0 Å². The molecule has 4 fully saturated rings. The van der Waals surface area contributed by atoms with Crippen molar-refractivity contribution >= 4 is 10.1 Å². The summed E-state index contributed by atoms with van der Waals surface area (Å²) in [5.41, 5.74) is -0.540. The van der Waals surface area contributed by atoms with Gasteiger partial charge in [0.1, 0.15) is 0 Å². The molecule has 1 heterocycles. The molecule has 4 aliphatic rings. The summed E-state index contributed by atoms with van der Waals surface area (Å²) >= 11 is 0. The van der Waals surface area contributed by atoms with Gasteiger partial charge in [-0.1, -0.05) is 0 Å². The van der Waals surface area contributed by atoms with Gasteiger partial charge in [-0.15, -0.1) is 0 Å². The summed E-state index contributed by atoms with van der Waals surface area (Å²) in [4.78, 5) is 0. The molecule has 0 aromatic heterocycles. The first-order valence-corrected chi connectivity index (χ1v) is 6.16. The smallest absolute Gasteiger partial charge is 0.270 e. The third-order valence-corrected chi connectivity index (χ3v) is 6.22. The van der Waals surface area contributed by atoms with Gasteiger partial charge in [0.2, 0.25) is 0 Å². The average Bonchev–Trinajstić information content (AvgIpc) is 2.41. The van der Waals surface area contributed by atoms with E-state index in [1.807, 2.05) is 0 Å². The van der Waals surface area contributed by atoms with E-state index in [1.54, 1.807) is 0 Å². The fraction of sp³-hybridized carbons (Fsp3) is 1.00. The lowest BCUT2D eigenvalue weighted by molar-refractivity contribution is 0.0939. The van der Waals surface area contributed by atoms with Crippen LogP contribution in [0.2, 0.25) is 0 Å². The number of hydrogen-bond acceptors (Lipinski definition) is 4. The fourth-order valence-corrected chi connectivity index (χ4v) is 5.85. The van der Waals surface area contributed by atoms with Crippen molar-refractivity contribution in [2.75, 3.05) is 0 Å². The van der Waals surface area contributed by atoms with Crippen LogP contribution in [0.5, 0.6) is 0 Å². The molecule has 0 amide bonds. The summed E-state index contributed by atoms with van der Waals surface area (Å²) in [6.45, 7) is 0. The summed E-state index contributed by atoms with van der Waals surface area (Å²) in [6.07, 6.45) is 0.969. The quantitative estimate of drug-likeness (QED) is 0.537. The van der Waals surface area contributed by atoms with Gasteiger partial charge in [-0.05, 0) is 12.3 Å². The molecular formula is C8H10O4S. The van der Waals surface area contributed by atoms with Gasteiger partial charge in [0.15, 0.2) is 0 Å². The molecule has 6 atom stereocenters. The minimum Gasteiger partial charge on any atom is -0.389 e. The Kier molecular flexibility index (Phi) is 0.871. The van der Waals surface area contributed by atoms with E-state index in [2.05, 4.69) is 0 Å². The molecule has 3 aliphatic carbocycles. The van der Waals surface area contributed by atoms with Crippen LogP contribution in [0.1, 0.15) is 12.8 Å². The largest absolute Gasteiger partial charge is 0.389 e. The molecule has 72 valence electrons. The number of hydrogen-bond donors (Lipinski definition) is 1. The minimum absolute atomic E-state index is 0.111. The van der Waals surface area contributed by atoms with E-state index >= 15 is 0 Å². The third-order valence-electron chi connectivity index (χ3n) is 4.46. The van der Waals surface area contributed by atoms with Crippen molar-refractivity contribution in [2.45, 2.75) is 29.8 Å². The summed E-state index contributed by atoms with van der Waals surface area (Å²) in [6, 6.07) is 0. The molecule has 13 heavy (non-hydrogen) atoms. The topological polar surface area (TPSA) is 63.6 Å². The Hall–Kier alpha value is -0.130. The molecule has 0 aromatic carbocycles. The van der Waals surface area contributed by atoms with Gasteiger partial charge < -0.3 is 5.11 Å². The Morgan fingerprint density at radius 2 is 2.23 bits per heavy atom. The predicted octanol–water partition coefficient (Wildman–Crippen LogP) is -0.516. The monoisotopic (exact) mass is 202 g/mol. The van der Waals surface area contributed by atoms with Gasteiger partial charge in [-0.3, -0.25) is 4.18 Å². The lowest BCUT2D eigenvalue weighted by Gasteiger charge is -2.13. The van der Waals surface area contributed by atoms with Gasteiger partial charge in [-0.2, -0.15) is 8.42 Å². The molecule has 6 unspecified atom stereocenters. The lowest BCUT2D eigenvalue weighted by atomic mass is 10.0. The van der Waals surface area contributed by atoms with Gasteiger partial charge in [0, 0.05) is 18.3 Å². The van der Waals surface area contributed by atoms with Crippen molar-refractivity contribution in [2.24, 2.45) is 17.8 Å². The SMILES string of the molecule is O=S1(=O)OC2CC3(O)C4CC1C2C43. The number of fused-ring (bicyclic) bond motifs is 1. The number of rotatable bonds is 0. The highest BCUT2D eigenvalue weighted by atomic mass is 32.2. The average molecular weight is 202 g/mol. The van der Waals surface area contributed by atoms with E-state index in [-0.39, 0.29) is 29.1 Å². The zero-order valence-corrected chi connectivity index (χ0v) is 7.70. The van der Waals surface area contributed by atoms with Crippen molar-refractivity contribution in [1.29, 1.82) is 0 Å². The second-order valence-corrected chi connectivity index (χ2v) is 6.59. The molecule has 0 radical (unpaired) electrons. The van der Waals surface area contributed by atoms with Crippen molar-refractivity contribution < 1.29 is 17.7 Å². The highest BCUT2D eigenvalue weighted by Gasteiger charge is 2.82. The number of aliphatic hydroxyl groups is 1. The van der Waals surface area contributed by atoms with Crippen LogP contribution in [0.15, 0.2) is 0 Å². The molecule has 0 spiro atoms. The lowest BCUT2D eigenvalue weighted by Crippen LogP contribution is -2.24. The highest BCUT2D eigenvalue weighted by molar-refractivity contribution is 7.87. The summed E-state index contributed by atoms with van der Waals surface area (Å²) in [5, 5.41) is 9.68. The second-order valence-electron chi connectivity index (χ2n) is 4.81. The van der Waals surface area contributed by atoms with Crippen molar-refractivity contribution in [1.82, 2.24) is 0 Å². The van der Waals surface area contributed by atoms with E-state index in [0.29, 0.717) is 12.8 Å². The maximum absolute atomic E-state index is 11.4. The standard InChI is InChI=1S/C8H10O4S/c9-8-2-4-6-5(13(10,11)12-4)1-3(8)7(6)8/h3-7,9H,1-2H2. The molecule has 4 nitrogen and oxygen atoms in total. The zero-order valence-electron chi connectivity index (χ0n) is 6.88. The molecule has 0 aromatic rings. The van der Waals surface area contributed by atoms with Crippen LogP contribution in [0.4, 0.5) is 0 Å². The van der Waals surface area contributed by atoms with Gasteiger partial charge >= 0.3 is 0 Å². The summed E-state index contributed by atoms with van der Waals surface area (Å²) in [7, 11) is -3.28. The molecule has 1 saturated heterocycles.